The third-order valence-electron chi connectivity index (χ3n) is 12.1. The third kappa shape index (κ3) is 6.45. The van der Waals surface area contributed by atoms with Gasteiger partial charge in [-0.2, -0.15) is 0 Å². The Hall–Kier alpha value is -7.31. The molecule has 0 unspecified atom stereocenters. The molecule has 2 aromatic heterocycles. The Morgan fingerprint density at radius 2 is 1.19 bits per heavy atom. The molecule has 0 radical (unpaired) electrons. The molecule has 7 heterocycles. The fraction of sp³-hybridized carbons (Fsp3) is 0.161. The number of aromatic nitrogens is 2. The Balaban J connectivity index is 1.13. The molecule has 5 aliphatic rings. The average molecular weight is 813 g/mol. The summed E-state index contributed by atoms with van der Waals surface area (Å²) in [6.45, 7) is 13.8. The van der Waals surface area contributed by atoms with Crippen molar-refractivity contribution in [3.05, 3.63) is 181 Å². The summed E-state index contributed by atoms with van der Waals surface area (Å²) in [7, 11) is 0. The van der Waals surface area contributed by atoms with Crippen LogP contribution >= 0.6 is 0 Å². The number of anilines is 4. The van der Waals surface area contributed by atoms with Gasteiger partial charge >= 0.3 is 0 Å². The Morgan fingerprint density at radius 3 is 1.92 bits per heavy atom. The number of nitrogens with zero attached hydrogens (tertiary/aromatic N) is 4. The highest BCUT2D eigenvalue weighted by atomic mass is 16.5. The first-order valence-corrected chi connectivity index (χ1v) is 21.1. The predicted octanol–water partition coefficient (Wildman–Crippen LogP) is 15.3. The Bertz CT molecular complexity index is 3420. The first kappa shape index (κ1) is 33.4. The average Bonchev–Trinajstić information content (AvgIpc) is 3.86. The molecule has 0 amide bonds. The molecular formula is C56H48N4O2. The molecule has 0 N–H and O–H groups in total. The summed E-state index contributed by atoms with van der Waals surface area (Å²) in [5, 5.41) is 1.10. The second-order valence-electron chi connectivity index (χ2n) is 18.3. The minimum atomic E-state index is -0.330. The Morgan fingerprint density at radius 1 is 0.532 bits per heavy atom. The number of para-hydroxylation sites is 3. The van der Waals surface area contributed by atoms with Crippen LogP contribution in [0.2, 0.25) is 0 Å². The zero-order valence-corrected chi connectivity index (χ0v) is 35.7. The maximum absolute atomic E-state index is 9.21. The number of ether oxygens (including phenoxy) is 2. The van der Waals surface area contributed by atoms with E-state index in [9.17, 15) is 1.37 Å². The molecule has 0 atom stereocenters. The molecule has 12 bridgehead atoms. The third-order valence-corrected chi connectivity index (χ3v) is 12.1. The van der Waals surface area contributed by atoms with Crippen molar-refractivity contribution in [2.45, 2.75) is 52.4 Å². The molecule has 6 heteroatoms. The molecule has 304 valence electrons. The van der Waals surface area contributed by atoms with Gasteiger partial charge < -0.3 is 19.3 Å². The lowest BCUT2D eigenvalue weighted by molar-refractivity contribution is 0.482. The number of benzene rings is 7. The van der Waals surface area contributed by atoms with Crippen LogP contribution in [0.4, 0.5) is 22.7 Å². The van der Waals surface area contributed by atoms with Gasteiger partial charge in [-0.1, -0.05) is 108 Å². The van der Waals surface area contributed by atoms with Gasteiger partial charge in [-0.25, -0.2) is 4.98 Å². The van der Waals surface area contributed by atoms with Crippen LogP contribution in [0.25, 0.3) is 49.9 Å². The van der Waals surface area contributed by atoms with Crippen molar-refractivity contribution in [1.29, 1.82) is 0 Å². The molecule has 5 aliphatic heterocycles. The highest BCUT2D eigenvalue weighted by Crippen LogP contribution is 2.48. The van der Waals surface area contributed by atoms with E-state index >= 15 is 0 Å². The molecular weight excluding hydrogens is 761 g/mol. The number of pyridine rings is 1. The van der Waals surface area contributed by atoms with Crippen LogP contribution in [0.15, 0.2) is 170 Å². The van der Waals surface area contributed by atoms with Crippen molar-refractivity contribution in [3.8, 4) is 51.1 Å². The molecule has 62 heavy (non-hydrogen) atoms. The normalized spacial score (nSPS) is 14.4. The van der Waals surface area contributed by atoms with Gasteiger partial charge in [0.2, 0.25) is 0 Å². The van der Waals surface area contributed by atoms with E-state index < -0.39 is 0 Å². The monoisotopic (exact) mass is 812 g/mol. The van der Waals surface area contributed by atoms with E-state index in [1.54, 1.807) is 0 Å². The molecule has 0 saturated heterocycles. The smallest absolute Gasteiger partial charge is 0.137 e. The zero-order valence-electron chi connectivity index (χ0n) is 39.7. The van der Waals surface area contributed by atoms with E-state index in [1.807, 2.05) is 71.4 Å². The molecule has 0 saturated carbocycles. The standard InChI is InChI=1S/C56H48N4O2/c1-55(2,3)38-22-29-49-46(30-38)36-18-23-40(24-19-36)61-41-25-20-37(21-26-41)47-34-57-54(33-48(47)56(4,5)6)60-50-15-8-7-14-44(50)45-28-27-43(32-53(45)60)62-42-13-11-12-39(31-42)58-35-59(49)52-17-10-9-16-51(52)58/h7-34H,35H2,1-6H3/i7D,8D,14D,15D. The van der Waals surface area contributed by atoms with Crippen LogP contribution in [-0.2, 0) is 10.8 Å². The number of rotatable bonds is 0. The van der Waals surface area contributed by atoms with Gasteiger partial charge in [0.15, 0.2) is 0 Å². The van der Waals surface area contributed by atoms with Crippen LogP contribution in [0.1, 0.15) is 58.2 Å². The minimum absolute atomic E-state index is 0.0601. The topological polar surface area (TPSA) is 42.8 Å². The van der Waals surface area contributed by atoms with Gasteiger partial charge in [-0.05, 0) is 118 Å². The van der Waals surface area contributed by atoms with E-state index in [1.165, 1.54) is 5.56 Å². The summed E-state index contributed by atoms with van der Waals surface area (Å²) in [5.41, 5.74) is 11.3. The number of hydrogen-bond acceptors (Lipinski definition) is 5. The quantitative estimate of drug-likeness (QED) is 0.153. The van der Waals surface area contributed by atoms with Crippen LogP contribution < -0.4 is 19.3 Å². The van der Waals surface area contributed by atoms with Crippen molar-refractivity contribution < 1.29 is 15.0 Å². The van der Waals surface area contributed by atoms with Crippen molar-refractivity contribution in [2.24, 2.45) is 0 Å². The van der Waals surface area contributed by atoms with Gasteiger partial charge in [0.05, 0.1) is 33.6 Å². The minimum Gasteiger partial charge on any atom is -0.457 e. The van der Waals surface area contributed by atoms with Crippen LogP contribution in [0.5, 0.6) is 23.0 Å². The van der Waals surface area contributed by atoms with Crippen LogP contribution in [-0.4, -0.2) is 16.2 Å². The summed E-state index contributed by atoms with van der Waals surface area (Å²) < 4.78 is 50.7. The van der Waals surface area contributed by atoms with Gasteiger partial charge in [0.1, 0.15) is 35.5 Å². The lowest BCUT2D eigenvalue weighted by Crippen LogP contribution is -2.24. The lowest BCUT2D eigenvalue weighted by Gasteiger charge is -2.27. The van der Waals surface area contributed by atoms with Gasteiger partial charge in [-0.15, -0.1) is 0 Å². The molecule has 14 rings (SSSR count). The van der Waals surface area contributed by atoms with Crippen molar-refractivity contribution >= 4 is 44.6 Å². The van der Waals surface area contributed by atoms with E-state index in [4.69, 9.17) is 18.6 Å². The summed E-state index contributed by atoms with van der Waals surface area (Å²) in [6.07, 6.45) is 1.87. The lowest BCUT2D eigenvalue weighted by atomic mass is 9.82. The summed E-state index contributed by atoms with van der Waals surface area (Å²) in [4.78, 5) is 9.74. The Labute approximate surface area is 368 Å². The molecule has 0 fully saturated rings. The first-order chi connectivity index (χ1) is 31.6. The molecule has 9 aromatic rings. The van der Waals surface area contributed by atoms with E-state index in [-0.39, 0.29) is 35.0 Å². The van der Waals surface area contributed by atoms with E-state index in [2.05, 4.69) is 130 Å². The number of fused-ring (bicyclic) bond motifs is 6. The van der Waals surface area contributed by atoms with Crippen molar-refractivity contribution in [2.75, 3.05) is 16.5 Å². The first-order valence-electron chi connectivity index (χ1n) is 23.1. The van der Waals surface area contributed by atoms with E-state index in [0.717, 1.165) is 56.3 Å². The predicted molar refractivity (Wildman–Crippen MR) is 255 cm³/mol. The van der Waals surface area contributed by atoms with Gasteiger partial charge in [0, 0.05) is 45.9 Å². The van der Waals surface area contributed by atoms with Crippen molar-refractivity contribution in [1.82, 2.24) is 9.55 Å². The fourth-order valence-electron chi connectivity index (χ4n) is 8.92. The van der Waals surface area contributed by atoms with Gasteiger partial charge in [-0.3, -0.25) is 4.57 Å². The number of hydrogen-bond donors (Lipinski definition) is 0. The zero-order chi connectivity index (χ0) is 45.8. The van der Waals surface area contributed by atoms with Crippen molar-refractivity contribution in [3.63, 3.8) is 0 Å². The summed E-state index contributed by atoms with van der Waals surface area (Å²) in [6, 6.07) is 46.7. The van der Waals surface area contributed by atoms with Crippen LogP contribution in [0.3, 0.4) is 0 Å². The summed E-state index contributed by atoms with van der Waals surface area (Å²) in [5.74, 6) is 3.16. The van der Waals surface area contributed by atoms with Gasteiger partial charge in [0.25, 0.3) is 0 Å². The molecule has 0 spiro atoms. The maximum Gasteiger partial charge on any atom is 0.137 e. The highest BCUT2D eigenvalue weighted by molar-refractivity contribution is 6.09. The fourth-order valence-corrected chi connectivity index (χ4v) is 8.92. The largest absolute Gasteiger partial charge is 0.457 e. The SMILES string of the molecule is [2H]c1c([2H])c([2H])c2c(c1[2H])c1ccc3cc1n2-c1cc(C(C)(C)C)c(cn1)-c1ccc(cc1)Oc1ccc(cc1)-c1cc(C(C)(C)C)ccc1N1CN(c2cccc(c2)O3)c2ccccc21. The second kappa shape index (κ2) is 14.1. The molecule has 7 aromatic carbocycles. The van der Waals surface area contributed by atoms with E-state index in [0.29, 0.717) is 51.5 Å². The summed E-state index contributed by atoms with van der Waals surface area (Å²) >= 11 is 0. The highest BCUT2D eigenvalue weighted by Gasteiger charge is 2.31. The molecule has 6 nitrogen and oxygen atoms in total. The van der Waals surface area contributed by atoms with Crippen LogP contribution in [0, 0.1) is 0 Å². The maximum atomic E-state index is 9.21. The molecule has 0 aliphatic carbocycles. The second-order valence-corrected chi connectivity index (χ2v) is 18.3. The Kier molecular flexibility index (Phi) is 7.62.